The molecular formula is C19H28N2O4S. The molecule has 1 aromatic rings. The summed E-state index contributed by atoms with van der Waals surface area (Å²) in [6.07, 6.45) is 8.81. The number of hydrogen-bond donors (Lipinski definition) is 0. The van der Waals surface area contributed by atoms with Crippen LogP contribution in [0.25, 0.3) is 6.08 Å². The maximum Gasteiger partial charge on any atom is 0.246 e. The lowest BCUT2D eigenvalue weighted by atomic mass is 9.94. The van der Waals surface area contributed by atoms with E-state index in [1.807, 2.05) is 7.05 Å². The van der Waals surface area contributed by atoms with E-state index < -0.39 is 10.0 Å². The molecule has 0 heterocycles. The van der Waals surface area contributed by atoms with Gasteiger partial charge in [-0.05, 0) is 36.6 Å². The van der Waals surface area contributed by atoms with Crippen LogP contribution < -0.4 is 4.74 Å². The van der Waals surface area contributed by atoms with Crippen molar-refractivity contribution < 1.29 is 17.9 Å². The zero-order chi connectivity index (χ0) is 19.3. The SMILES string of the molecule is COc1ccc(/C=C/C(=O)N(C)C2CCCCC2)cc1S(=O)(=O)N(C)C. The monoisotopic (exact) mass is 380 g/mol. The lowest BCUT2D eigenvalue weighted by molar-refractivity contribution is -0.127. The van der Waals surface area contributed by atoms with Crippen molar-refractivity contribution in [1.29, 1.82) is 0 Å². The maximum atomic E-state index is 12.5. The minimum atomic E-state index is -3.64. The van der Waals surface area contributed by atoms with E-state index in [1.165, 1.54) is 39.8 Å². The molecule has 7 heteroatoms. The summed E-state index contributed by atoms with van der Waals surface area (Å²) in [7, 11) is 2.57. The third kappa shape index (κ3) is 4.65. The highest BCUT2D eigenvalue weighted by molar-refractivity contribution is 7.89. The van der Waals surface area contributed by atoms with Crippen LogP contribution in [-0.2, 0) is 14.8 Å². The van der Waals surface area contributed by atoms with Gasteiger partial charge in [-0.25, -0.2) is 12.7 Å². The molecule has 6 nitrogen and oxygen atoms in total. The number of hydrogen-bond acceptors (Lipinski definition) is 4. The Morgan fingerprint density at radius 2 is 1.81 bits per heavy atom. The Bertz CT molecular complexity index is 766. The predicted octanol–water partition coefficient (Wildman–Crippen LogP) is 2.75. The number of carbonyl (C=O) groups excluding carboxylic acids is 1. The van der Waals surface area contributed by atoms with E-state index in [9.17, 15) is 13.2 Å². The topological polar surface area (TPSA) is 66.9 Å². The summed E-state index contributed by atoms with van der Waals surface area (Å²) in [5.74, 6) is 0.214. The molecule has 2 rings (SSSR count). The second-order valence-corrected chi connectivity index (χ2v) is 8.89. The highest BCUT2D eigenvalue weighted by Crippen LogP contribution is 2.27. The van der Waals surface area contributed by atoms with E-state index in [1.54, 1.807) is 23.1 Å². The fraction of sp³-hybridized carbons (Fsp3) is 0.526. The molecule has 1 aliphatic rings. The molecule has 1 aliphatic carbocycles. The number of amides is 1. The normalized spacial score (nSPS) is 16.2. The van der Waals surface area contributed by atoms with Gasteiger partial charge in [0, 0.05) is 33.3 Å². The van der Waals surface area contributed by atoms with E-state index in [2.05, 4.69) is 0 Å². The highest BCUT2D eigenvalue weighted by atomic mass is 32.2. The first-order valence-corrected chi connectivity index (χ1v) is 10.3. The van der Waals surface area contributed by atoms with Crippen molar-refractivity contribution in [3.05, 3.63) is 29.8 Å². The smallest absolute Gasteiger partial charge is 0.246 e. The summed E-state index contributed by atoms with van der Waals surface area (Å²) in [4.78, 5) is 14.3. The molecular weight excluding hydrogens is 352 g/mol. The van der Waals surface area contributed by atoms with Crippen molar-refractivity contribution in [2.75, 3.05) is 28.3 Å². The zero-order valence-electron chi connectivity index (χ0n) is 15.9. The van der Waals surface area contributed by atoms with Gasteiger partial charge in [0.1, 0.15) is 10.6 Å². The number of methoxy groups -OCH3 is 1. The molecule has 0 saturated heterocycles. The summed E-state index contributed by atoms with van der Waals surface area (Å²) < 4.78 is 31.2. The summed E-state index contributed by atoms with van der Waals surface area (Å²) >= 11 is 0. The van der Waals surface area contributed by atoms with Crippen LogP contribution in [0, 0.1) is 0 Å². The van der Waals surface area contributed by atoms with Crippen LogP contribution in [-0.4, -0.2) is 57.8 Å². The van der Waals surface area contributed by atoms with E-state index in [-0.39, 0.29) is 16.6 Å². The zero-order valence-corrected chi connectivity index (χ0v) is 16.8. The third-order valence-electron chi connectivity index (χ3n) is 4.83. The minimum absolute atomic E-state index is 0.0651. The molecule has 0 radical (unpaired) electrons. The number of sulfonamides is 1. The van der Waals surface area contributed by atoms with Crippen molar-refractivity contribution in [2.45, 2.75) is 43.0 Å². The first-order valence-electron chi connectivity index (χ1n) is 8.83. The summed E-state index contributed by atoms with van der Waals surface area (Å²) in [6.45, 7) is 0. The molecule has 26 heavy (non-hydrogen) atoms. The highest BCUT2D eigenvalue weighted by Gasteiger charge is 2.23. The van der Waals surface area contributed by atoms with Crippen LogP contribution in [0.1, 0.15) is 37.7 Å². The predicted molar refractivity (Wildman–Crippen MR) is 103 cm³/mol. The van der Waals surface area contributed by atoms with Crippen molar-refractivity contribution in [3.8, 4) is 5.75 Å². The first-order chi connectivity index (χ1) is 12.3. The molecule has 1 aromatic carbocycles. The lowest BCUT2D eigenvalue weighted by Crippen LogP contribution is -2.37. The number of nitrogens with zero attached hydrogens (tertiary/aromatic N) is 2. The van der Waals surface area contributed by atoms with Gasteiger partial charge in [0.25, 0.3) is 0 Å². The fourth-order valence-electron chi connectivity index (χ4n) is 3.13. The van der Waals surface area contributed by atoms with Gasteiger partial charge in [0.15, 0.2) is 0 Å². The molecule has 1 saturated carbocycles. The first kappa shape index (κ1) is 20.5. The Morgan fingerprint density at radius 3 is 2.38 bits per heavy atom. The molecule has 0 bridgehead atoms. The number of rotatable bonds is 6. The molecule has 144 valence electrons. The number of ether oxygens (including phenoxy) is 1. The van der Waals surface area contributed by atoms with Crippen molar-refractivity contribution in [1.82, 2.24) is 9.21 Å². The molecule has 0 N–H and O–H groups in total. The average Bonchev–Trinajstić information content (AvgIpc) is 2.65. The number of likely N-dealkylation sites (N-methyl/N-ethyl adjacent to an activating group) is 1. The average molecular weight is 381 g/mol. The Hall–Kier alpha value is -1.86. The van der Waals surface area contributed by atoms with Gasteiger partial charge in [-0.3, -0.25) is 4.79 Å². The molecule has 0 aliphatic heterocycles. The van der Waals surface area contributed by atoms with E-state index in [0.717, 1.165) is 30.0 Å². The van der Waals surface area contributed by atoms with Crippen LogP contribution in [0.5, 0.6) is 5.75 Å². The number of benzene rings is 1. The number of carbonyl (C=O) groups is 1. The molecule has 1 fully saturated rings. The molecule has 0 spiro atoms. The summed E-state index contributed by atoms with van der Waals surface area (Å²) in [5, 5.41) is 0. The van der Waals surface area contributed by atoms with Crippen molar-refractivity contribution in [3.63, 3.8) is 0 Å². The van der Waals surface area contributed by atoms with Gasteiger partial charge in [-0.1, -0.05) is 25.3 Å². The van der Waals surface area contributed by atoms with E-state index in [0.29, 0.717) is 11.6 Å². The second-order valence-electron chi connectivity index (χ2n) is 6.77. The standard InChI is InChI=1S/C19H28N2O4S/c1-20(2)26(23,24)18-14-15(10-12-17(18)25-4)11-13-19(22)21(3)16-8-6-5-7-9-16/h10-14,16H,5-9H2,1-4H3/b13-11+. The van der Waals surface area contributed by atoms with Crippen LogP contribution in [0.4, 0.5) is 0 Å². The molecule has 0 atom stereocenters. The summed E-state index contributed by atoms with van der Waals surface area (Å²) in [5.41, 5.74) is 0.636. The Morgan fingerprint density at radius 1 is 1.15 bits per heavy atom. The maximum absolute atomic E-state index is 12.5. The Labute approximate surface area is 156 Å². The van der Waals surface area contributed by atoms with Gasteiger partial charge >= 0.3 is 0 Å². The van der Waals surface area contributed by atoms with Gasteiger partial charge in [-0.2, -0.15) is 0 Å². The van der Waals surface area contributed by atoms with Crippen LogP contribution >= 0.6 is 0 Å². The Balaban J connectivity index is 2.21. The van der Waals surface area contributed by atoms with Gasteiger partial charge in [0.05, 0.1) is 7.11 Å². The van der Waals surface area contributed by atoms with Gasteiger partial charge < -0.3 is 9.64 Å². The quantitative estimate of drug-likeness (QED) is 0.712. The van der Waals surface area contributed by atoms with Gasteiger partial charge in [0.2, 0.25) is 15.9 Å². The van der Waals surface area contributed by atoms with E-state index in [4.69, 9.17) is 4.74 Å². The van der Waals surface area contributed by atoms with Gasteiger partial charge in [-0.15, -0.1) is 0 Å². The minimum Gasteiger partial charge on any atom is -0.495 e. The fourth-order valence-corrected chi connectivity index (χ4v) is 4.21. The van der Waals surface area contributed by atoms with E-state index >= 15 is 0 Å². The largest absolute Gasteiger partial charge is 0.495 e. The molecule has 0 aromatic heterocycles. The molecule has 0 unspecified atom stereocenters. The van der Waals surface area contributed by atoms with Crippen LogP contribution in [0.3, 0.4) is 0 Å². The molecule has 1 amide bonds. The van der Waals surface area contributed by atoms with Crippen molar-refractivity contribution in [2.24, 2.45) is 0 Å². The van der Waals surface area contributed by atoms with Crippen LogP contribution in [0.2, 0.25) is 0 Å². The second kappa shape index (κ2) is 8.68. The van der Waals surface area contributed by atoms with Crippen LogP contribution in [0.15, 0.2) is 29.2 Å². The summed E-state index contributed by atoms with van der Waals surface area (Å²) in [6, 6.07) is 5.16. The van der Waals surface area contributed by atoms with Crippen molar-refractivity contribution >= 4 is 22.0 Å². The Kier molecular flexibility index (Phi) is 6.83. The lowest BCUT2D eigenvalue weighted by Gasteiger charge is -2.30. The third-order valence-corrected chi connectivity index (χ3v) is 6.67.